The van der Waals surface area contributed by atoms with Gasteiger partial charge in [-0.05, 0) is 86.0 Å². The molecule has 0 amide bonds. The lowest BCUT2D eigenvalue weighted by Crippen LogP contribution is -2.58. The summed E-state index contributed by atoms with van der Waals surface area (Å²) in [5.74, 6) is 2.68. The lowest BCUT2D eigenvalue weighted by Gasteiger charge is -2.60. The average Bonchev–Trinajstić information content (AvgIpc) is 3.09. The first-order chi connectivity index (χ1) is 14.8. The molecule has 5 rings (SSSR count). The Kier molecular flexibility index (Phi) is 5.40. The van der Waals surface area contributed by atoms with Crippen LogP contribution in [0.25, 0.3) is 0 Å². The Morgan fingerprint density at radius 1 is 1.03 bits per heavy atom. The van der Waals surface area contributed by atoms with Crippen molar-refractivity contribution in [2.45, 2.75) is 84.8 Å². The predicted octanol–water partition coefficient (Wildman–Crippen LogP) is 6.00. The Morgan fingerprint density at radius 3 is 2.55 bits per heavy atom. The van der Waals surface area contributed by atoms with Gasteiger partial charge in [0.2, 0.25) is 0 Å². The van der Waals surface area contributed by atoms with E-state index in [-0.39, 0.29) is 22.7 Å². The molecule has 2 unspecified atom stereocenters. The first kappa shape index (κ1) is 21.4. The second-order valence-corrected chi connectivity index (χ2v) is 11.6. The molecule has 0 spiro atoms. The van der Waals surface area contributed by atoms with Crippen LogP contribution in [0.5, 0.6) is 0 Å². The molecule has 0 heterocycles. The lowest BCUT2D eigenvalue weighted by atomic mass is 9.44. The topological polar surface area (TPSA) is 43.4 Å². The van der Waals surface area contributed by atoms with E-state index in [0.717, 1.165) is 38.5 Å². The Morgan fingerprint density at radius 2 is 1.81 bits per heavy atom. The maximum Gasteiger partial charge on any atom is 0.137 e. The highest BCUT2D eigenvalue weighted by atomic mass is 16.5. The van der Waals surface area contributed by atoms with Crippen molar-refractivity contribution in [2.24, 2.45) is 40.4 Å². The average molecular weight is 423 g/mol. The molecular weight excluding hydrogens is 384 g/mol. The molecule has 4 saturated carbocycles. The zero-order valence-electron chi connectivity index (χ0n) is 19.4. The number of ether oxygens (including phenoxy) is 1. The molecule has 4 aliphatic carbocycles. The Hall–Kier alpha value is -1.48. The number of Topliss-reactive ketones (excluding diaryl/α,β-unsaturated/α-hetero) is 2. The minimum absolute atomic E-state index is 0.0926. The third-order valence-electron chi connectivity index (χ3n) is 10.1. The molecule has 0 aromatic heterocycles. The highest BCUT2D eigenvalue weighted by Crippen LogP contribution is 2.66. The number of ketones is 2. The lowest BCUT2D eigenvalue weighted by molar-refractivity contribution is -0.164. The summed E-state index contributed by atoms with van der Waals surface area (Å²) in [6, 6.07) is 10.4. The van der Waals surface area contributed by atoms with Gasteiger partial charge in [0.25, 0.3) is 0 Å². The van der Waals surface area contributed by atoms with E-state index in [1.165, 1.54) is 12.0 Å². The number of hydrogen-bond acceptors (Lipinski definition) is 3. The molecule has 4 aliphatic rings. The summed E-state index contributed by atoms with van der Waals surface area (Å²) < 4.78 is 6.33. The Labute approximate surface area is 187 Å². The van der Waals surface area contributed by atoms with Crippen LogP contribution < -0.4 is 0 Å². The summed E-state index contributed by atoms with van der Waals surface area (Å²) >= 11 is 0. The smallest absolute Gasteiger partial charge is 0.137 e. The second kappa shape index (κ2) is 7.83. The van der Waals surface area contributed by atoms with Gasteiger partial charge in [-0.3, -0.25) is 9.59 Å². The van der Waals surface area contributed by atoms with E-state index in [9.17, 15) is 9.59 Å². The van der Waals surface area contributed by atoms with Crippen molar-refractivity contribution in [1.82, 2.24) is 0 Å². The summed E-state index contributed by atoms with van der Waals surface area (Å²) in [7, 11) is 0. The van der Waals surface area contributed by atoms with Crippen LogP contribution in [0.3, 0.4) is 0 Å². The summed E-state index contributed by atoms with van der Waals surface area (Å²) in [6.07, 6.45) is 8.70. The molecule has 0 bridgehead atoms. The molecule has 31 heavy (non-hydrogen) atoms. The maximum absolute atomic E-state index is 13.7. The van der Waals surface area contributed by atoms with Crippen LogP contribution in [-0.4, -0.2) is 17.7 Å². The molecule has 0 aliphatic heterocycles. The molecular formula is C28H38O3. The standard InChI is InChI=1S/C28H38O3/c1-18(29)23-11-12-24-22-10-9-20-15-21(31-17-19-7-5-4-6-8-19)13-14-27(20,2)26(22)25(30)16-28(23,24)3/h4-8,20-24,26H,9-17H2,1-3H3/t20?,21?,22-,23+,24-,26+,27-,28+/m0/s1. The van der Waals surface area contributed by atoms with Crippen LogP contribution in [-0.2, 0) is 20.9 Å². The summed E-state index contributed by atoms with van der Waals surface area (Å²) in [4.78, 5) is 26.0. The molecule has 0 radical (unpaired) electrons. The molecule has 4 fully saturated rings. The molecule has 0 saturated heterocycles. The van der Waals surface area contributed by atoms with Crippen molar-refractivity contribution in [3.8, 4) is 0 Å². The van der Waals surface area contributed by atoms with E-state index in [2.05, 4.69) is 38.1 Å². The second-order valence-electron chi connectivity index (χ2n) is 11.6. The molecule has 3 nitrogen and oxygen atoms in total. The fourth-order valence-corrected chi connectivity index (χ4v) is 8.64. The van der Waals surface area contributed by atoms with E-state index < -0.39 is 0 Å². The van der Waals surface area contributed by atoms with Crippen molar-refractivity contribution in [3.63, 3.8) is 0 Å². The van der Waals surface area contributed by atoms with Crippen molar-refractivity contribution in [2.75, 3.05) is 0 Å². The third kappa shape index (κ3) is 3.43. The van der Waals surface area contributed by atoms with Gasteiger partial charge in [-0.25, -0.2) is 0 Å². The first-order valence-corrected chi connectivity index (χ1v) is 12.5. The number of carbonyl (C=O) groups excluding carboxylic acids is 2. The molecule has 8 atom stereocenters. The normalized spacial score (nSPS) is 44.3. The Balaban J connectivity index is 1.31. The summed E-state index contributed by atoms with van der Waals surface area (Å²) in [6.45, 7) is 7.10. The fraction of sp³-hybridized carbons (Fsp3) is 0.714. The fourth-order valence-electron chi connectivity index (χ4n) is 8.64. The van der Waals surface area contributed by atoms with Crippen molar-refractivity contribution in [3.05, 3.63) is 35.9 Å². The van der Waals surface area contributed by atoms with E-state index in [4.69, 9.17) is 4.74 Å². The van der Waals surface area contributed by atoms with E-state index in [0.29, 0.717) is 48.5 Å². The monoisotopic (exact) mass is 422 g/mol. The first-order valence-electron chi connectivity index (χ1n) is 12.5. The van der Waals surface area contributed by atoms with Crippen molar-refractivity contribution < 1.29 is 14.3 Å². The summed E-state index contributed by atoms with van der Waals surface area (Å²) in [5.41, 5.74) is 1.26. The zero-order valence-corrected chi connectivity index (χ0v) is 19.4. The zero-order chi connectivity index (χ0) is 21.8. The van der Waals surface area contributed by atoms with Gasteiger partial charge in [0.1, 0.15) is 11.6 Å². The van der Waals surface area contributed by atoms with Gasteiger partial charge in [0.05, 0.1) is 12.7 Å². The number of hydrogen-bond donors (Lipinski definition) is 0. The quantitative estimate of drug-likeness (QED) is 0.598. The van der Waals surface area contributed by atoms with Crippen LogP contribution >= 0.6 is 0 Å². The van der Waals surface area contributed by atoms with Crippen LogP contribution in [0, 0.1) is 40.4 Å². The Bertz CT molecular complexity index is 847. The maximum atomic E-state index is 13.7. The van der Waals surface area contributed by atoms with Gasteiger partial charge in [-0.2, -0.15) is 0 Å². The molecule has 168 valence electrons. The highest BCUT2D eigenvalue weighted by molar-refractivity contribution is 5.87. The molecule has 3 heteroatoms. The number of rotatable bonds is 4. The SMILES string of the molecule is CC(=O)[C@H]1CC[C@H]2[C@@H]3CCC4CC(OCc5ccccc5)CC[C@]4(C)[C@H]3C(=O)C[C@]12C. The molecule has 1 aromatic carbocycles. The van der Waals surface area contributed by atoms with Gasteiger partial charge in [0, 0.05) is 18.3 Å². The number of fused-ring (bicyclic) bond motifs is 5. The molecule has 0 N–H and O–H groups in total. The van der Waals surface area contributed by atoms with Crippen LogP contribution in [0.2, 0.25) is 0 Å². The van der Waals surface area contributed by atoms with Crippen LogP contribution in [0.4, 0.5) is 0 Å². The van der Waals surface area contributed by atoms with Gasteiger partial charge in [0.15, 0.2) is 0 Å². The predicted molar refractivity (Wildman–Crippen MR) is 121 cm³/mol. The van der Waals surface area contributed by atoms with Gasteiger partial charge >= 0.3 is 0 Å². The van der Waals surface area contributed by atoms with Gasteiger partial charge in [-0.15, -0.1) is 0 Å². The number of benzene rings is 1. The van der Waals surface area contributed by atoms with Crippen molar-refractivity contribution in [1.29, 1.82) is 0 Å². The minimum atomic E-state index is -0.0940. The van der Waals surface area contributed by atoms with E-state index in [1.807, 2.05) is 6.07 Å². The largest absolute Gasteiger partial charge is 0.374 e. The van der Waals surface area contributed by atoms with Gasteiger partial charge in [-0.1, -0.05) is 44.2 Å². The van der Waals surface area contributed by atoms with Crippen LogP contribution in [0.1, 0.15) is 77.7 Å². The third-order valence-corrected chi connectivity index (χ3v) is 10.1. The van der Waals surface area contributed by atoms with Crippen LogP contribution in [0.15, 0.2) is 30.3 Å². The molecule has 1 aromatic rings. The summed E-state index contributed by atoms with van der Waals surface area (Å²) in [5, 5.41) is 0. The van der Waals surface area contributed by atoms with Crippen molar-refractivity contribution >= 4 is 11.6 Å². The minimum Gasteiger partial charge on any atom is -0.374 e. The van der Waals surface area contributed by atoms with E-state index in [1.54, 1.807) is 6.92 Å². The number of carbonyl (C=O) groups is 2. The highest BCUT2D eigenvalue weighted by Gasteiger charge is 2.63. The van der Waals surface area contributed by atoms with Gasteiger partial charge < -0.3 is 4.74 Å². The van der Waals surface area contributed by atoms with E-state index >= 15 is 0 Å².